The van der Waals surface area contributed by atoms with E-state index in [1.165, 1.54) is 18.9 Å². The molecule has 0 aliphatic carbocycles. The van der Waals surface area contributed by atoms with Gasteiger partial charge in [-0.05, 0) is 79.9 Å². The molecule has 5 heterocycles. The number of carbonyl (C=O) groups excluding carboxylic acids is 4. The summed E-state index contributed by atoms with van der Waals surface area (Å²) in [5.74, 6) is -5.60. The second-order valence-corrected chi connectivity index (χ2v) is 15.9. The van der Waals surface area contributed by atoms with Gasteiger partial charge >= 0.3 is 18.5 Å². The number of halogens is 5. The van der Waals surface area contributed by atoms with E-state index in [0.717, 1.165) is 6.07 Å². The van der Waals surface area contributed by atoms with Gasteiger partial charge in [0.05, 0.1) is 29.6 Å². The van der Waals surface area contributed by atoms with Gasteiger partial charge in [0, 0.05) is 24.2 Å². The Balaban J connectivity index is 1.62. The van der Waals surface area contributed by atoms with E-state index in [-0.39, 0.29) is 46.7 Å². The fourth-order valence-corrected chi connectivity index (χ4v) is 7.63. The van der Waals surface area contributed by atoms with Crippen molar-refractivity contribution in [3.63, 3.8) is 0 Å². The van der Waals surface area contributed by atoms with E-state index in [9.17, 15) is 32.3 Å². The van der Waals surface area contributed by atoms with Crippen molar-refractivity contribution >= 4 is 46.7 Å². The number of nitrogens with zero attached hydrogens (tertiary/aromatic N) is 4. The fraction of sp³-hybridized carbons (Fsp3) is 0.514. The van der Waals surface area contributed by atoms with E-state index in [2.05, 4.69) is 25.3 Å². The van der Waals surface area contributed by atoms with E-state index in [4.69, 9.17) is 14.2 Å². The highest BCUT2D eigenvalue weighted by Crippen LogP contribution is 2.51. The molecule has 302 valence electrons. The highest BCUT2D eigenvalue weighted by Gasteiger charge is 2.61. The molecule has 2 N–H and O–H groups in total. The third-order valence-electron chi connectivity index (χ3n) is 9.62. The van der Waals surface area contributed by atoms with E-state index in [1.807, 2.05) is 0 Å². The number of aromatic nitrogens is 2. The van der Waals surface area contributed by atoms with E-state index < -0.39 is 93.7 Å². The van der Waals surface area contributed by atoms with Gasteiger partial charge in [-0.25, -0.2) is 28.3 Å². The smallest absolute Gasteiger partial charge is 0.472 e. The van der Waals surface area contributed by atoms with Crippen LogP contribution in [0.3, 0.4) is 0 Å². The van der Waals surface area contributed by atoms with Gasteiger partial charge in [0.15, 0.2) is 17.4 Å². The molecule has 2 aromatic heterocycles. The average Bonchev–Trinajstić information content (AvgIpc) is 3.27. The van der Waals surface area contributed by atoms with E-state index in [1.54, 1.807) is 53.4 Å². The van der Waals surface area contributed by atoms with Crippen LogP contribution in [-0.2, 0) is 14.3 Å². The molecule has 2 fully saturated rings. The van der Waals surface area contributed by atoms with Crippen LogP contribution in [0.25, 0.3) is 22.0 Å². The topological polar surface area (TPSA) is 162 Å². The highest BCUT2D eigenvalue weighted by molar-refractivity contribution is 6.07. The number of rotatable bonds is 5. The average molecular weight is 793 g/mol. The molecule has 0 radical (unpaired) electrons. The summed E-state index contributed by atoms with van der Waals surface area (Å²) < 4.78 is 95.7. The zero-order valence-electron chi connectivity index (χ0n) is 32.0. The van der Waals surface area contributed by atoms with Crippen LogP contribution < -0.4 is 25.0 Å². The van der Waals surface area contributed by atoms with Crippen LogP contribution in [0.15, 0.2) is 12.1 Å². The molecule has 6 rings (SSSR count). The Labute approximate surface area is 318 Å². The molecule has 0 unspecified atom stereocenters. The number of hydrogen-bond acceptors (Lipinski definition) is 11. The minimum Gasteiger partial charge on any atom is -0.472 e. The van der Waals surface area contributed by atoms with Crippen LogP contribution in [0.4, 0.5) is 43.0 Å². The van der Waals surface area contributed by atoms with Gasteiger partial charge < -0.3 is 34.0 Å². The predicted molar refractivity (Wildman–Crippen MR) is 191 cm³/mol. The van der Waals surface area contributed by atoms with Crippen molar-refractivity contribution in [2.45, 2.75) is 110 Å². The molecule has 0 saturated carbocycles. The van der Waals surface area contributed by atoms with Gasteiger partial charge in [-0.2, -0.15) is 0 Å². The number of hydrogen-bond donors (Lipinski definition) is 2. The van der Waals surface area contributed by atoms with Crippen molar-refractivity contribution in [2.24, 2.45) is 0 Å². The molecule has 3 aromatic rings. The highest BCUT2D eigenvalue weighted by atomic mass is 19.4. The van der Waals surface area contributed by atoms with Crippen LogP contribution in [0.1, 0.15) is 77.4 Å². The quantitative estimate of drug-likeness (QED) is 0.207. The Morgan fingerprint density at radius 2 is 1.68 bits per heavy atom. The summed E-state index contributed by atoms with van der Waals surface area (Å²) in [6.45, 7) is 12.5. The Hall–Kier alpha value is -5.49. The summed E-state index contributed by atoms with van der Waals surface area (Å²) in [4.78, 5) is 64.6. The molecule has 4 atom stereocenters. The molecule has 3 amide bonds. The van der Waals surface area contributed by atoms with Gasteiger partial charge in [-0.1, -0.05) is 0 Å². The van der Waals surface area contributed by atoms with Gasteiger partial charge in [-0.3, -0.25) is 15.0 Å². The minimum absolute atomic E-state index is 0.0493. The van der Waals surface area contributed by atoms with Gasteiger partial charge in [0.2, 0.25) is 5.88 Å². The molecule has 2 bridgehead atoms. The number of nitrogens with one attached hydrogen (secondary N) is 2. The Kier molecular flexibility index (Phi) is 9.77. The number of aryl methyl sites for hydroxylation is 1. The van der Waals surface area contributed by atoms with Crippen molar-refractivity contribution in [1.82, 2.24) is 20.2 Å². The Bertz CT molecular complexity index is 2150. The Morgan fingerprint density at radius 3 is 2.27 bits per heavy atom. The number of ether oxygens (including phenoxy) is 4. The molecule has 2 saturated heterocycles. The number of pyridine rings is 2. The molecule has 56 heavy (non-hydrogen) atoms. The first kappa shape index (κ1) is 40.2. The summed E-state index contributed by atoms with van der Waals surface area (Å²) >= 11 is 0. The SMILES string of the molecule is CNC(=O)c1nc2c3c(nc(-c4cc(NC(=O)OC(C)(C)C)cc(F)c4OC(F)(F)F)c(F)c3c1C)O[C@@H](C)[C@@H]1[C@@H]3CC[C@](C=O)(CN21)N3C(=O)OC(C)(C)C. The predicted octanol–water partition coefficient (Wildman–Crippen LogP) is 6.80. The van der Waals surface area contributed by atoms with Gasteiger partial charge in [0.1, 0.15) is 46.3 Å². The summed E-state index contributed by atoms with van der Waals surface area (Å²) in [7, 11) is 1.31. The van der Waals surface area contributed by atoms with E-state index >= 15 is 8.78 Å². The fourth-order valence-electron chi connectivity index (χ4n) is 7.63. The lowest BCUT2D eigenvalue weighted by Gasteiger charge is -2.51. The second-order valence-electron chi connectivity index (χ2n) is 15.9. The number of anilines is 2. The number of fused-ring (bicyclic) bond motifs is 5. The molecular weight excluding hydrogens is 751 g/mol. The first-order chi connectivity index (χ1) is 25.9. The summed E-state index contributed by atoms with van der Waals surface area (Å²) in [6, 6.07) is -0.192. The number of alkyl halides is 3. The van der Waals surface area contributed by atoms with Crippen molar-refractivity contribution in [3.05, 3.63) is 35.0 Å². The van der Waals surface area contributed by atoms with Crippen LogP contribution >= 0.6 is 0 Å². The van der Waals surface area contributed by atoms with Crippen molar-refractivity contribution in [2.75, 3.05) is 23.8 Å². The van der Waals surface area contributed by atoms with Crippen LogP contribution in [-0.4, -0.2) is 94.1 Å². The minimum atomic E-state index is -5.46. The van der Waals surface area contributed by atoms with E-state index in [0.29, 0.717) is 18.8 Å². The lowest BCUT2D eigenvalue weighted by atomic mass is 9.92. The summed E-state index contributed by atoms with van der Waals surface area (Å²) in [5.41, 5.74) is -5.94. The molecule has 0 spiro atoms. The van der Waals surface area contributed by atoms with Crippen molar-refractivity contribution < 1.29 is 60.1 Å². The first-order valence-corrected chi connectivity index (χ1v) is 17.7. The van der Waals surface area contributed by atoms with Crippen molar-refractivity contribution in [1.29, 1.82) is 0 Å². The number of aldehydes is 1. The third kappa shape index (κ3) is 7.18. The van der Waals surface area contributed by atoms with Crippen molar-refractivity contribution in [3.8, 4) is 22.9 Å². The largest absolute Gasteiger partial charge is 0.573 e. The maximum absolute atomic E-state index is 17.3. The van der Waals surface area contributed by atoms with Gasteiger partial charge in [-0.15, -0.1) is 13.2 Å². The van der Waals surface area contributed by atoms with Crippen LogP contribution in [0.2, 0.25) is 0 Å². The molecule has 3 aliphatic rings. The lowest BCUT2D eigenvalue weighted by molar-refractivity contribution is -0.275. The maximum atomic E-state index is 17.3. The summed E-state index contributed by atoms with van der Waals surface area (Å²) in [5, 5.41) is 4.21. The number of piperazine rings is 1. The molecule has 19 heteroatoms. The second kappa shape index (κ2) is 13.6. The molecule has 3 aliphatic heterocycles. The molecular formula is C37H41F5N6O8. The third-order valence-corrected chi connectivity index (χ3v) is 9.62. The monoisotopic (exact) mass is 792 g/mol. The molecule has 14 nitrogen and oxygen atoms in total. The summed E-state index contributed by atoms with van der Waals surface area (Å²) in [6.07, 6.45) is -7.06. The van der Waals surface area contributed by atoms with Gasteiger partial charge in [0.25, 0.3) is 5.91 Å². The first-order valence-electron chi connectivity index (χ1n) is 17.7. The van der Waals surface area contributed by atoms with Crippen LogP contribution in [0.5, 0.6) is 11.6 Å². The number of carbonyl (C=O) groups is 4. The number of amides is 3. The lowest BCUT2D eigenvalue weighted by Crippen LogP contribution is -2.71. The van der Waals surface area contributed by atoms with Crippen LogP contribution in [0, 0.1) is 18.6 Å². The standard InChI is InChI=1S/C37H41F5N6O8/c1-16-22-23-29(45-25(16)30(50)43-9)47-14-36(15-49)11-10-21(48(36)33(52)56-35(6,7)8)27(47)17(2)53-31(23)46-26(24(22)39)19-12-18(44-32(51)55-34(3,4)5)13-20(38)28(19)54-37(40,41)42/h12-13,15,17,21,27H,10-11,14H2,1-9H3,(H,43,50)(H,44,51)/t17-,21-,27+,36+/m0/s1. The number of benzene rings is 1. The zero-order chi connectivity index (χ0) is 41.4. The normalized spacial score (nSPS) is 21.8. The molecule has 1 aromatic carbocycles. The Morgan fingerprint density at radius 1 is 1.02 bits per heavy atom. The maximum Gasteiger partial charge on any atom is 0.573 e. The zero-order valence-corrected chi connectivity index (χ0v) is 32.0.